The molecule has 0 saturated heterocycles. The van der Waals surface area contributed by atoms with E-state index in [4.69, 9.17) is 4.74 Å². The first kappa shape index (κ1) is 7.21. The molecule has 0 unspecified atom stereocenters. The number of rotatable bonds is 2. The summed E-state index contributed by atoms with van der Waals surface area (Å²) < 4.78 is 8.64. The minimum atomic E-state index is -0.270. The maximum absolute atomic E-state index is 10.3. The number of nitrogens with zero attached hydrogens (tertiary/aromatic N) is 1. The first-order valence-corrected chi connectivity index (χ1v) is 3.65. The van der Waals surface area contributed by atoms with E-state index in [1.165, 1.54) is 18.5 Å². The molecular weight excluding hydrogens is 150 g/mol. The highest BCUT2D eigenvalue weighted by molar-refractivity contribution is 7.03. The first-order valence-electron chi connectivity index (χ1n) is 2.81. The minimum absolute atomic E-state index is 0.270. The summed E-state index contributed by atoms with van der Waals surface area (Å²) in [6.45, 7) is 1.67. The second-order valence-electron chi connectivity index (χ2n) is 1.77. The Balaban J connectivity index is 2.35. The Labute approximate surface area is 62.8 Å². The highest BCUT2D eigenvalue weighted by Crippen LogP contribution is 2.00. The zero-order valence-corrected chi connectivity index (χ0v) is 6.35. The zero-order chi connectivity index (χ0) is 7.40. The molecule has 0 atom stereocenters. The third kappa shape index (κ3) is 2.14. The van der Waals surface area contributed by atoms with Crippen LogP contribution in [0.4, 0.5) is 0 Å². The number of esters is 1. The molecule has 0 bridgehead atoms. The van der Waals surface area contributed by atoms with Crippen molar-refractivity contribution in [3.8, 4) is 0 Å². The molecule has 0 amide bonds. The van der Waals surface area contributed by atoms with Gasteiger partial charge in [-0.3, -0.25) is 4.79 Å². The van der Waals surface area contributed by atoms with Crippen molar-refractivity contribution in [3.63, 3.8) is 0 Å². The van der Waals surface area contributed by atoms with Crippen LogP contribution in [0, 0.1) is 0 Å². The Morgan fingerprint density at radius 3 is 3.20 bits per heavy atom. The van der Waals surface area contributed by atoms with E-state index in [0.29, 0.717) is 6.61 Å². The number of carbonyl (C=O) groups is 1. The third-order valence-corrected chi connectivity index (χ3v) is 1.51. The van der Waals surface area contributed by atoms with Crippen molar-refractivity contribution >= 4 is 17.5 Å². The van der Waals surface area contributed by atoms with Gasteiger partial charge in [-0.1, -0.05) is 0 Å². The molecule has 1 heterocycles. The molecule has 0 aliphatic rings. The van der Waals surface area contributed by atoms with Crippen molar-refractivity contribution in [1.29, 1.82) is 0 Å². The van der Waals surface area contributed by atoms with Gasteiger partial charge in [0.2, 0.25) is 0 Å². The lowest BCUT2D eigenvalue weighted by Gasteiger charge is -1.95. The normalized spacial score (nSPS) is 9.30. The van der Waals surface area contributed by atoms with Gasteiger partial charge in [0.05, 0.1) is 5.69 Å². The van der Waals surface area contributed by atoms with Crippen LogP contribution in [0.1, 0.15) is 12.6 Å². The van der Waals surface area contributed by atoms with E-state index >= 15 is 0 Å². The molecule has 0 saturated carbocycles. The molecule has 0 fully saturated rings. The number of aromatic nitrogens is 1. The Bertz CT molecular complexity index is 208. The van der Waals surface area contributed by atoms with Gasteiger partial charge in [0, 0.05) is 12.3 Å². The number of hydrogen-bond acceptors (Lipinski definition) is 4. The van der Waals surface area contributed by atoms with Gasteiger partial charge in [0.25, 0.3) is 0 Å². The largest absolute Gasteiger partial charge is 0.459 e. The van der Waals surface area contributed by atoms with Gasteiger partial charge in [0.15, 0.2) is 0 Å². The smallest absolute Gasteiger partial charge is 0.303 e. The topological polar surface area (TPSA) is 39.2 Å². The molecule has 4 heteroatoms. The highest BCUT2D eigenvalue weighted by Gasteiger charge is 1.96. The highest BCUT2D eigenvalue weighted by atomic mass is 32.1. The zero-order valence-electron chi connectivity index (χ0n) is 5.53. The van der Waals surface area contributed by atoms with Crippen LogP contribution in [-0.4, -0.2) is 10.3 Å². The van der Waals surface area contributed by atoms with Crippen molar-refractivity contribution in [2.45, 2.75) is 13.5 Å². The lowest BCUT2D eigenvalue weighted by molar-refractivity contribution is -0.142. The number of carbonyl (C=O) groups excluding carboxylic acids is 1. The molecule has 3 nitrogen and oxygen atoms in total. The Hall–Kier alpha value is -0.900. The molecule has 1 aromatic heterocycles. The fourth-order valence-electron chi connectivity index (χ4n) is 0.488. The van der Waals surface area contributed by atoms with Gasteiger partial charge in [0.1, 0.15) is 6.61 Å². The molecular formula is C6H7NO2S. The summed E-state index contributed by atoms with van der Waals surface area (Å²) in [6.07, 6.45) is 0. The van der Waals surface area contributed by atoms with Gasteiger partial charge in [-0.15, -0.1) is 0 Å². The van der Waals surface area contributed by atoms with Gasteiger partial charge in [-0.05, 0) is 17.6 Å². The van der Waals surface area contributed by atoms with Crippen LogP contribution in [0.2, 0.25) is 0 Å². The Morgan fingerprint density at radius 1 is 1.90 bits per heavy atom. The van der Waals surface area contributed by atoms with E-state index < -0.39 is 0 Å². The number of ether oxygens (including phenoxy) is 1. The van der Waals surface area contributed by atoms with Crippen LogP contribution >= 0.6 is 11.5 Å². The van der Waals surface area contributed by atoms with Gasteiger partial charge in [-0.25, -0.2) is 0 Å². The van der Waals surface area contributed by atoms with Crippen LogP contribution in [0.15, 0.2) is 11.4 Å². The predicted octanol–water partition coefficient (Wildman–Crippen LogP) is 1.21. The van der Waals surface area contributed by atoms with Gasteiger partial charge in [-0.2, -0.15) is 4.37 Å². The standard InChI is InChI=1S/C6H7NO2S/c1-5(8)9-4-6-2-3-10-7-6/h2-3H,4H2,1H3. The molecule has 1 rings (SSSR count). The molecule has 0 N–H and O–H groups in total. The second-order valence-corrected chi connectivity index (χ2v) is 2.44. The van der Waals surface area contributed by atoms with Crippen LogP contribution in [0.3, 0.4) is 0 Å². The lowest BCUT2D eigenvalue weighted by Crippen LogP contribution is -1.98. The third-order valence-electron chi connectivity index (χ3n) is 0.915. The average molecular weight is 157 g/mol. The summed E-state index contributed by atoms with van der Waals surface area (Å²) in [4.78, 5) is 10.3. The first-order chi connectivity index (χ1) is 4.79. The average Bonchev–Trinajstić information content (AvgIpc) is 2.34. The maximum atomic E-state index is 10.3. The summed E-state index contributed by atoms with van der Waals surface area (Å²) in [7, 11) is 0. The quantitative estimate of drug-likeness (QED) is 0.605. The maximum Gasteiger partial charge on any atom is 0.303 e. The second kappa shape index (κ2) is 3.31. The SMILES string of the molecule is CC(=O)OCc1ccsn1. The predicted molar refractivity (Wildman–Crippen MR) is 37.6 cm³/mol. The molecule has 0 radical (unpaired) electrons. The van der Waals surface area contributed by atoms with Crippen molar-refractivity contribution < 1.29 is 9.53 Å². The van der Waals surface area contributed by atoms with Gasteiger partial charge >= 0.3 is 5.97 Å². The molecule has 1 aromatic rings. The van der Waals surface area contributed by atoms with Crippen molar-refractivity contribution in [2.24, 2.45) is 0 Å². The van der Waals surface area contributed by atoms with Gasteiger partial charge < -0.3 is 4.74 Å². The van der Waals surface area contributed by atoms with E-state index in [1.807, 2.05) is 11.4 Å². The number of hydrogen-bond donors (Lipinski definition) is 0. The van der Waals surface area contributed by atoms with E-state index in [9.17, 15) is 4.79 Å². The summed E-state index contributed by atoms with van der Waals surface area (Å²) >= 11 is 1.35. The summed E-state index contributed by atoms with van der Waals surface area (Å²) in [5.74, 6) is -0.270. The molecule has 0 spiro atoms. The summed E-state index contributed by atoms with van der Waals surface area (Å²) in [6, 6.07) is 1.83. The molecule has 0 aromatic carbocycles. The van der Waals surface area contributed by atoms with Crippen molar-refractivity contribution in [1.82, 2.24) is 4.37 Å². The van der Waals surface area contributed by atoms with E-state index in [1.54, 1.807) is 0 Å². The van der Waals surface area contributed by atoms with Crippen LogP contribution in [0.25, 0.3) is 0 Å². The van der Waals surface area contributed by atoms with Crippen LogP contribution < -0.4 is 0 Å². The lowest BCUT2D eigenvalue weighted by atomic mass is 10.5. The van der Waals surface area contributed by atoms with Crippen molar-refractivity contribution in [3.05, 3.63) is 17.1 Å². The van der Waals surface area contributed by atoms with E-state index in [0.717, 1.165) is 5.69 Å². The summed E-state index contributed by atoms with van der Waals surface area (Å²) in [5.41, 5.74) is 0.806. The van der Waals surface area contributed by atoms with Crippen LogP contribution in [-0.2, 0) is 16.1 Å². The molecule has 0 aliphatic heterocycles. The molecule has 0 aliphatic carbocycles. The Morgan fingerprint density at radius 2 is 2.70 bits per heavy atom. The fourth-order valence-corrected chi connectivity index (χ4v) is 1.02. The molecule has 54 valence electrons. The fraction of sp³-hybridized carbons (Fsp3) is 0.333. The summed E-state index contributed by atoms with van der Waals surface area (Å²) in [5, 5.41) is 1.85. The van der Waals surface area contributed by atoms with E-state index in [2.05, 4.69) is 4.37 Å². The van der Waals surface area contributed by atoms with E-state index in [-0.39, 0.29) is 5.97 Å². The van der Waals surface area contributed by atoms with Crippen molar-refractivity contribution in [2.75, 3.05) is 0 Å². The molecule has 10 heavy (non-hydrogen) atoms. The minimum Gasteiger partial charge on any atom is -0.459 e. The monoisotopic (exact) mass is 157 g/mol. The van der Waals surface area contributed by atoms with Crippen LogP contribution in [0.5, 0.6) is 0 Å². The Kier molecular flexibility index (Phi) is 2.39.